The topological polar surface area (TPSA) is 98.4 Å². The van der Waals surface area contributed by atoms with Gasteiger partial charge in [0, 0.05) is 30.8 Å². The fourth-order valence-corrected chi connectivity index (χ4v) is 2.93. The van der Waals surface area contributed by atoms with Gasteiger partial charge in [-0.05, 0) is 18.2 Å². The maximum atomic E-state index is 13.8. The smallest absolute Gasteiger partial charge is 0.464 e. The second kappa shape index (κ2) is 7.78. The predicted molar refractivity (Wildman–Crippen MR) is 94.0 cm³/mol. The SMILES string of the molecule is O=C(c1ccccc1F)N1CC[C@H](Oc2ccc(-c3noc(C(F)(F)F)n3)cn2)C1=O. The van der Waals surface area contributed by atoms with Gasteiger partial charge in [-0.25, -0.2) is 9.37 Å². The number of carbonyl (C=O) groups excluding carboxylic acids is 2. The molecule has 1 atom stereocenters. The van der Waals surface area contributed by atoms with E-state index in [4.69, 9.17) is 4.74 Å². The Morgan fingerprint density at radius 2 is 1.97 bits per heavy atom. The van der Waals surface area contributed by atoms with Crippen LogP contribution in [-0.2, 0) is 11.0 Å². The summed E-state index contributed by atoms with van der Waals surface area (Å²) in [6.45, 7) is 0.0395. The third-order valence-corrected chi connectivity index (χ3v) is 4.43. The zero-order chi connectivity index (χ0) is 22.2. The Bertz CT molecular complexity index is 1130. The van der Waals surface area contributed by atoms with Crippen LogP contribution in [0.3, 0.4) is 0 Å². The van der Waals surface area contributed by atoms with Crippen LogP contribution in [0, 0.1) is 5.82 Å². The summed E-state index contributed by atoms with van der Waals surface area (Å²) >= 11 is 0. The molecule has 3 aromatic rings. The lowest BCUT2D eigenvalue weighted by Gasteiger charge is -2.15. The molecule has 4 rings (SSSR count). The summed E-state index contributed by atoms with van der Waals surface area (Å²) in [7, 11) is 0. The number of rotatable bonds is 4. The van der Waals surface area contributed by atoms with Crippen molar-refractivity contribution in [3.8, 4) is 17.3 Å². The number of hydrogen-bond acceptors (Lipinski definition) is 7. The molecule has 1 aromatic carbocycles. The van der Waals surface area contributed by atoms with Crippen molar-refractivity contribution in [1.29, 1.82) is 0 Å². The van der Waals surface area contributed by atoms with Crippen molar-refractivity contribution >= 4 is 11.8 Å². The van der Waals surface area contributed by atoms with Crippen molar-refractivity contribution in [2.24, 2.45) is 0 Å². The molecular weight excluding hydrogens is 424 g/mol. The molecule has 8 nitrogen and oxygen atoms in total. The van der Waals surface area contributed by atoms with Gasteiger partial charge >= 0.3 is 12.1 Å². The fraction of sp³-hybridized carbons (Fsp3) is 0.211. The van der Waals surface area contributed by atoms with Gasteiger partial charge in [0.15, 0.2) is 6.10 Å². The molecule has 0 N–H and O–H groups in total. The van der Waals surface area contributed by atoms with E-state index < -0.39 is 35.8 Å². The highest BCUT2D eigenvalue weighted by molar-refractivity contribution is 6.07. The molecule has 1 fully saturated rings. The first-order valence-electron chi connectivity index (χ1n) is 8.88. The molecule has 2 aromatic heterocycles. The van der Waals surface area contributed by atoms with Crippen molar-refractivity contribution in [1.82, 2.24) is 20.0 Å². The molecule has 1 saturated heterocycles. The third-order valence-electron chi connectivity index (χ3n) is 4.43. The number of pyridine rings is 1. The van der Waals surface area contributed by atoms with E-state index in [-0.39, 0.29) is 35.8 Å². The number of imide groups is 1. The minimum Gasteiger partial charge on any atom is -0.464 e. The van der Waals surface area contributed by atoms with Gasteiger partial charge in [0.2, 0.25) is 11.7 Å². The van der Waals surface area contributed by atoms with Gasteiger partial charge in [0.25, 0.3) is 11.8 Å². The van der Waals surface area contributed by atoms with Gasteiger partial charge < -0.3 is 9.26 Å². The first-order valence-corrected chi connectivity index (χ1v) is 8.88. The van der Waals surface area contributed by atoms with Gasteiger partial charge in [0.1, 0.15) is 5.82 Å². The minimum atomic E-state index is -4.77. The van der Waals surface area contributed by atoms with Crippen molar-refractivity contribution in [3.63, 3.8) is 0 Å². The van der Waals surface area contributed by atoms with Crippen LogP contribution in [0.1, 0.15) is 22.7 Å². The average Bonchev–Trinajstić information content (AvgIpc) is 3.36. The Morgan fingerprint density at radius 1 is 1.19 bits per heavy atom. The van der Waals surface area contributed by atoms with E-state index in [1.165, 1.54) is 30.3 Å². The first kappa shape index (κ1) is 20.4. The number of carbonyl (C=O) groups is 2. The number of benzene rings is 1. The maximum Gasteiger partial charge on any atom is 0.471 e. The number of likely N-dealkylation sites (tertiary alicyclic amines) is 1. The van der Waals surface area contributed by atoms with Crippen LogP contribution in [0.5, 0.6) is 5.88 Å². The molecule has 0 spiro atoms. The molecule has 0 saturated carbocycles. The summed E-state index contributed by atoms with van der Waals surface area (Å²) in [4.78, 5) is 33.0. The molecular formula is C19H12F4N4O4. The number of nitrogens with zero attached hydrogens (tertiary/aromatic N) is 4. The van der Waals surface area contributed by atoms with Crippen LogP contribution in [0.2, 0.25) is 0 Å². The quantitative estimate of drug-likeness (QED) is 0.458. The molecule has 1 aliphatic heterocycles. The zero-order valence-corrected chi connectivity index (χ0v) is 15.5. The van der Waals surface area contributed by atoms with Crippen LogP contribution < -0.4 is 4.74 Å². The molecule has 0 radical (unpaired) electrons. The van der Waals surface area contributed by atoms with Gasteiger partial charge in [-0.1, -0.05) is 17.3 Å². The van der Waals surface area contributed by atoms with Crippen molar-refractivity contribution in [2.75, 3.05) is 6.54 Å². The highest BCUT2D eigenvalue weighted by Gasteiger charge is 2.39. The molecule has 2 amide bonds. The zero-order valence-electron chi connectivity index (χ0n) is 15.5. The standard InChI is InChI=1S/C19H12F4N4O4/c20-12-4-2-1-3-11(12)16(28)27-8-7-13(17(27)29)30-14-6-5-10(9-24-14)15-25-18(31-26-15)19(21,22)23/h1-6,9,13H,7-8H2/t13-/m0/s1. The Labute approximate surface area is 171 Å². The van der Waals surface area contributed by atoms with Crippen LogP contribution >= 0.6 is 0 Å². The van der Waals surface area contributed by atoms with E-state index in [1.807, 2.05) is 0 Å². The summed E-state index contributed by atoms with van der Waals surface area (Å²) in [6.07, 6.45) is -4.46. The first-order chi connectivity index (χ1) is 14.7. The van der Waals surface area contributed by atoms with E-state index in [1.54, 1.807) is 0 Å². The van der Waals surface area contributed by atoms with E-state index in [9.17, 15) is 27.2 Å². The fourth-order valence-electron chi connectivity index (χ4n) is 2.93. The molecule has 1 aliphatic rings. The summed E-state index contributed by atoms with van der Waals surface area (Å²) in [5.74, 6) is -3.95. The van der Waals surface area contributed by atoms with Gasteiger partial charge in [-0.2, -0.15) is 18.2 Å². The van der Waals surface area contributed by atoms with Gasteiger partial charge in [-0.15, -0.1) is 0 Å². The van der Waals surface area contributed by atoms with Crippen molar-refractivity contribution in [2.45, 2.75) is 18.7 Å². The lowest BCUT2D eigenvalue weighted by molar-refractivity contribution is -0.159. The van der Waals surface area contributed by atoms with E-state index in [0.29, 0.717) is 0 Å². The number of ether oxygens (including phenoxy) is 1. The lowest BCUT2D eigenvalue weighted by Crippen LogP contribution is -2.37. The normalized spacial score (nSPS) is 16.6. The van der Waals surface area contributed by atoms with Crippen molar-refractivity contribution in [3.05, 3.63) is 59.9 Å². The second-order valence-corrected chi connectivity index (χ2v) is 6.48. The van der Waals surface area contributed by atoms with Crippen LogP contribution in [0.4, 0.5) is 17.6 Å². The molecule has 160 valence electrons. The summed E-state index contributed by atoms with van der Waals surface area (Å²) in [6, 6.07) is 7.97. The number of hydrogen-bond donors (Lipinski definition) is 0. The Kier molecular flexibility index (Phi) is 5.13. The van der Waals surface area contributed by atoms with Crippen LogP contribution in [0.25, 0.3) is 11.4 Å². The Balaban J connectivity index is 1.43. The predicted octanol–water partition coefficient (Wildman–Crippen LogP) is 3.11. The minimum absolute atomic E-state index is 0.00169. The summed E-state index contributed by atoms with van der Waals surface area (Å²) in [5, 5.41) is 3.25. The van der Waals surface area contributed by atoms with Gasteiger partial charge in [0.05, 0.1) is 5.56 Å². The number of halogens is 4. The third kappa shape index (κ3) is 4.09. The second-order valence-electron chi connectivity index (χ2n) is 6.48. The molecule has 0 aliphatic carbocycles. The highest BCUT2D eigenvalue weighted by Crippen LogP contribution is 2.29. The number of alkyl halides is 3. The Morgan fingerprint density at radius 3 is 2.61 bits per heavy atom. The van der Waals surface area contributed by atoms with Crippen molar-refractivity contribution < 1.29 is 36.4 Å². The van der Waals surface area contributed by atoms with Crippen LogP contribution in [0.15, 0.2) is 47.1 Å². The molecule has 31 heavy (non-hydrogen) atoms. The van der Waals surface area contributed by atoms with Crippen LogP contribution in [-0.4, -0.2) is 44.5 Å². The Hall–Kier alpha value is -3.83. The largest absolute Gasteiger partial charge is 0.471 e. The monoisotopic (exact) mass is 436 g/mol. The summed E-state index contributed by atoms with van der Waals surface area (Å²) in [5.41, 5.74) is -0.0852. The number of amides is 2. The molecule has 0 bridgehead atoms. The summed E-state index contributed by atoms with van der Waals surface area (Å²) < 4.78 is 61.1. The highest BCUT2D eigenvalue weighted by atomic mass is 19.4. The average molecular weight is 436 g/mol. The molecule has 12 heteroatoms. The lowest BCUT2D eigenvalue weighted by atomic mass is 10.2. The number of aromatic nitrogens is 3. The molecule has 3 heterocycles. The molecule has 0 unspecified atom stereocenters. The van der Waals surface area contributed by atoms with E-state index in [0.717, 1.165) is 17.2 Å². The van der Waals surface area contributed by atoms with Gasteiger partial charge in [-0.3, -0.25) is 14.5 Å². The van der Waals surface area contributed by atoms with E-state index in [2.05, 4.69) is 19.6 Å². The maximum absolute atomic E-state index is 13.8. The van der Waals surface area contributed by atoms with E-state index >= 15 is 0 Å².